The lowest BCUT2D eigenvalue weighted by molar-refractivity contribution is 0.450. The van der Waals surface area contributed by atoms with Crippen LogP contribution in [-0.4, -0.2) is 15.8 Å². The fourth-order valence-corrected chi connectivity index (χ4v) is 3.89. The largest absolute Gasteiger partial charge is 0.308 e. The van der Waals surface area contributed by atoms with Gasteiger partial charge in [-0.25, -0.2) is 0 Å². The van der Waals surface area contributed by atoms with Crippen LogP contribution in [0.15, 0.2) is 23.8 Å². The van der Waals surface area contributed by atoms with Crippen molar-refractivity contribution in [2.24, 2.45) is 0 Å². The predicted octanol–water partition coefficient (Wildman–Crippen LogP) is 3.00. The molecule has 4 heteroatoms. The van der Waals surface area contributed by atoms with E-state index in [-0.39, 0.29) is 0 Å². The Bertz CT molecular complexity index is 515. The molecule has 1 atom stereocenters. The van der Waals surface area contributed by atoms with Crippen LogP contribution in [0.25, 0.3) is 0 Å². The maximum atomic E-state index is 4.25. The van der Waals surface area contributed by atoms with E-state index in [4.69, 9.17) is 0 Å². The third-order valence-corrected chi connectivity index (χ3v) is 4.95. The number of thiophene rings is 1. The van der Waals surface area contributed by atoms with E-state index in [1.165, 1.54) is 31.2 Å². The van der Waals surface area contributed by atoms with E-state index in [0.29, 0.717) is 6.04 Å². The van der Waals surface area contributed by atoms with Crippen molar-refractivity contribution < 1.29 is 0 Å². The second-order valence-corrected chi connectivity index (χ2v) is 6.34. The Hall–Kier alpha value is -1.13. The molecule has 1 N–H and O–H groups in total. The van der Waals surface area contributed by atoms with Gasteiger partial charge in [0.05, 0.1) is 6.54 Å². The summed E-state index contributed by atoms with van der Waals surface area (Å²) >= 11 is 1.95. The zero-order valence-electron chi connectivity index (χ0n) is 11.4. The Balaban J connectivity index is 1.55. The third-order valence-electron chi connectivity index (χ3n) is 3.81. The molecule has 0 unspecified atom stereocenters. The first-order valence-corrected chi connectivity index (χ1v) is 8.00. The Morgan fingerprint density at radius 2 is 2.32 bits per heavy atom. The maximum Gasteiger partial charge on any atom is 0.0560 e. The van der Waals surface area contributed by atoms with Gasteiger partial charge in [-0.05, 0) is 55.2 Å². The lowest BCUT2D eigenvalue weighted by Gasteiger charge is -2.16. The zero-order valence-corrected chi connectivity index (χ0v) is 12.2. The van der Waals surface area contributed by atoms with E-state index in [9.17, 15) is 0 Å². The van der Waals surface area contributed by atoms with Crippen molar-refractivity contribution in [2.45, 2.75) is 51.7 Å². The summed E-state index contributed by atoms with van der Waals surface area (Å²) in [6.45, 7) is 4.15. The van der Waals surface area contributed by atoms with Crippen molar-refractivity contribution in [3.8, 4) is 0 Å². The highest BCUT2D eigenvalue weighted by molar-refractivity contribution is 7.10. The van der Waals surface area contributed by atoms with Gasteiger partial charge in [-0.15, -0.1) is 11.3 Å². The van der Waals surface area contributed by atoms with Gasteiger partial charge in [-0.3, -0.25) is 4.68 Å². The molecule has 2 aromatic heterocycles. The molecule has 2 aromatic rings. The molecule has 19 heavy (non-hydrogen) atoms. The summed E-state index contributed by atoms with van der Waals surface area (Å²) < 4.78 is 1.99. The predicted molar refractivity (Wildman–Crippen MR) is 79.5 cm³/mol. The maximum absolute atomic E-state index is 4.25. The second kappa shape index (κ2) is 5.88. The van der Waals surface area contributed by atoms with Crippen molar-refractivity contribution in [1.29, 1.82) is 0 Å². The lowest BCUT2D eigenvalue weighted by Crippen LogP contribution is -2.30. The quantitative estimate of drug-likeness (QED) is 0.909. The highest BCUT2D eigenvalue weighted by atomic mass is 32.1. The molecule has 102 valence electrons. The van der Waals surface area contributed by atoms with Crippen LogP contribution in [0.2, 0.25) is 0 Å². The first kappa shape index (κ1) is 12.9. The van der Waals surface area contributed by atoms with Gasteiger partial charge in [0.25, 0.3) is 0 Å². The van der Waals surface area contributed by atoms with Crippen LogP contribution >= 0.6 is 11.3 Å². The summed E-state index contributed by atoms with van der Waals surface area (Å²) in [4.78, 5) is 1.63. The molecule has 0 bridgehead atoms. The lowest BCUT2D eigenvalue weighted by atomic mass is 9.96. The molecule has 0 amide bonds. The van der Waals surface area contributed by atoms with E-state index >= 15 is 0 Å². The van der Waals surface area contributed by atoms with Crippen LogP contribution < -0.4 is 5.32 Å². The standard InChI is InChI=1S/C15H21N3S/c1-12(10-18-8-4-7-17-18)16-9-13-11-19-15-6-3-2-5-14(13)15/h4,7-8,11-12,16H,2-3,5-6,9-10H2,1H3/t12-/m0/s1. The molecule has 1 aliphatic carbocycles. The molecular weight excluding hydrogens is 254 g/mol. The molecule has 0 radical (unpaired) electrons. The summed E-state index contributed by atoms with van der Waals surface area (Å²) in [5.41, 5.74) is 3.15. The van der Waals surface area contributed by atoms with Gasteiger partial charge in [0.15, 0.2) is 0 Å². The minimum Gasteiger partial charge on any atom is -0.308 e. The monoisotopic (exact) mass is 275 g/mol. The molecular formula is C15H21N3S. The van der Waals surface area contributed by atoms with E-state index in [1.54, 1.807) is 10.4 Å². The van der Waals surface area contributed by atoms with Crippen molar-refractivity contribution in [3.05, 3.63) is 39.8 Å². The topological polar surface area (TPSA) is 29.9 Å². The molecule has 0 saturated heterocycles. The van der Waals surface area contributed by atoms with Crippen molar-refractivity contribution >= 4 is 11.3 Å². The zero-order chi connectivity index (χ0) is 13.1. The summed E-state index contributed by atoms with van der Waals surface area (Å²) in [6, 6.07) is 2.42. The molecule has 2 heterocycles. The molecule has 1 aliphatic rings. The van der Waals surface area contributed by atoms with Crippen LogP contribution in [0.5, 0.6) is 0 Å². The number of fused-ring (bicyclic) bond motifs is 1. The van der Waals surface area contributed by atoms with E-state index in [1.807, 2.05) is 34.5 Å². The number of nitrogens with zero attached hydrogens (tertiary/aromatic N) is 2. The smallest absolute Gasteiger partial charge is 0.0560 e. The van der Waals surface area contributed by atoms with Gasteiger partial charge in [0.1, 0.15) is 0 Å². The van der Waals surface area contributed by atoms with Crippen molar-refractivity contribution in [3.63, 3.8) is 0 Å². The molecule has 0 aliphatic heterocycles. The van der Waals surface area contributed by atoms with Gasteiger partial charge < -0.3 is 5.32 Å². The number of aryl methyl sites for hydroxylation is 1. The van der Waals surface area contributed by atoms with Gasteiger partial charge in [0.2, 0.25) is 0 Å². The van der Waals surface area contributed by atoms with Gasteiger partial charge in [-0.1, -0.05) is 0 Å². The Kier molecular flexibility index (Phi) is 3.99. The minimum absolute atomic E-state index is 0.444. The number of aromatic nitrogens is 2. The van der Waals surface area contributed by atoms with Gasteiger partial charge in [-0.2, -0.15) is 5.10 Å². The SMILES string of the molecule is C[C@@H](Cn1cccn1)NCc1csc2c1CCCC2. The Morgan fingerprint density at radius 1 is 1.42 bits per heavy atom. The minimum atomic E-state index is 0.444. The first-order valence-electron chi connectivity index (χ1n) is 7.12. The molecule has 0 spiro atoms. The van der Waals surface area contributed by atoms with Crippen LogP contribution in [0, 0.1) is 0 Å². The highest BCUT2D eigenvalue weighted by Gasteiger charge is 2.15. The Labute approximate surface area is 118 Å². The normalized spacial score (nSPS) is 16.3. The highest BCUT2D eigenvalue weighted by Crippen LogP contribution is 2.30. The van der Waals surface area contributed by atoms with Gasteiger partial charge >= 0.3 is 0 Å². The number of hydrogen-bond donors (Lipinski definition) is 1. The van der Waals surface area contributed by atoms with Crippen LogP contribution in [0.4, 0.5) is 0 Å². The van der Waals surface area contributed by atoms with E-state index < -0.39 is 0 Å². The first-order chi connectivity index (χ1) is 9.33. The number of rotatable bonds is 5. The van der Waals surface area contributed by atoms with Crippen LogP contribution in [-0.2, 0) is 25.9 Å². The fraction of sp³-hybridized carbons (Fsp3) is 0.533. The number of nitrogens with one attached hydrogen (secondary N) is 1. The van der Waals surface area contributed by atoms with Gasteiger partial charge in [0, 0.05) is 29.9 Å². The van der Waals surface area contributed by atoms with Crippen LogP contribution in [0.1, 0.15) is 35.8 Å². The summed E-state index contributed by atoms with van der Waals surface area (Å²) in [5.74, 6) is 0. The van der Waals surface area contributed by atoms with E-state index in [2.05, 4.69) is 22.7 Å². The average Bonchev–Trinajstić information content (AvgIpc) is 3.05. The molecule has 3 nitrogen and oxygen atoms in total. The summed E-state index contributed by atoms with van der Waals surface area (Å²) in [6.07, 6.45) is 9.16. The summed E-state index contributed by atoms with van der Waals surface area (Å²) in [5, 5.41) is 10.2. The Morgan fingerprint density at radius 3 is 3.16 bits per heavy atom. The second-order valence-electron chi connectivity index (χ2n) is 5.38. The van der Waals surface area contributed by atoms with Crippen LogP contribution in [0.3, 0.4) is 0 Å². The van der Waals surface area contributed by atoms with Crippen molar-refractivity contribution in [1.82, 2.24) is 15.1 Å². The molecule has 3 rings (SSSR count). The molecule has 0 aromatic carbocycles. The third kappa shape index (κ3) is 3.07. The summed E-state index contributed by atoms with van der Waals surface area (Å²) in [7, 11) is 0. The molecule has 0 saturated carbocycles. The molecule has 0 fully saturated rings. The number of hydrogen-bond acceptors (Lipinski definition) is 3. The fourth-order valence-electron chi connectivity index (χ4n) is 2.75. The van der Waals surface area contributed by atoms with E-state index in [0.717, 1.165) is 13.1 Å². The van der Waals surface area contributed by atoms with Crippen molar-refractivity contribution in [2.75, 3.05) is 0 Å². The average molecular weight is 275 g/mol.